The van der Waals surface area contributed by atoms with Crippen molar-refractivity contribution >= 4 is 27.0 Å². The van der Waals surface area contributed by atoms with Crippen molar-refractivity contribution in [2.45, 2.75) is 46.3 Å². The first-order chi connectivity index (χ1) is 14.0. The highest BCUT2D eigenvalue weighted by Crippen LogP contribution is 2.31. The molecular formula is C21H27N3O3S2. The molecule has 0 bridgehead atoms. The molecule has 0 amide bonds. The van der Waals surface area contributed by atoms with Gasteiger partial charge in [-0.1, -0.05) is 26.0 Å². The van der Waals surface area contributed by atoms with Gasteiger partial charge in [0.1, 0.15) is 5.75 Å². The first-order valence-electron chi connectivity index (χ1n) is 9.81. The highest BCUT2D eigenvalue weighted by molar-refractivity contribution is 7.92. The fraction of sp³-hybridized carbons (Fsp3) is 0.381. The predicted octanol–water partition coefficient (Wildman–Crippen LogP) is 5.06. The number of thiophene rings is 1. The Morgan fingerprint density at radius 3 is 2.62 bits per heavy atom. The number of aromatic amines is 1. The van der Waals surface area contributed by atoms with Gasteiger partial charge in [0, 0.05) is 11.6 Å². The van der Waals surface area contributed by atoms with Crippen LogP contribution in [0.15, 0.2) is 48.0 Å². The minimum atomic E-state index is -3.49. The molecule has 0 saturated carbocycles. The van der Waals surface area contributed by atoms with E-state index in [9.17, 15) is 8.42 Å². The van der Waals surface area contributed by atoms with Crippen molar-refractivity contribution in [1.82, 2.24) is 10.2 Å². The van der Waals surface area contributed by atoms with Gasteiger partial charge < -0.3 is 4.74 Å². The number of hydrogen-bond acceptors (Lipinski definition) is 5. The first-order valence-corrected chi connectivity index (χ1v) is 12.3. The highest BCUT2D eigenvalue weighted by Gasteiger charge is 2.24. The van der Waals surface area contributed by atoms with Gasteiger partial charge in [-0.05, 0) is 43.3 Å². The molecule has 2 heterocycles. The maximum Gasteiger partial charge on any atom is 0.235 e. The summed E-state index contributed by atoms with van der Waals surface area (Å²) in [5.74, 6) is 0.690. The Kier molecular flexibility index (Phi) is 6.97. The summed E-state index contributed by atoms with van der Waals surface area (Å²) in [6, 6.07) is 11.3. The number of anilines is 1. The zero-order valence-electron chi connectivity index (χ0n) is 17.0. The van der Waals surface area contributed by atoms with Crippen molar-refractivity contribution in [3.8, 4) is 16.3 Å². The molecule has 0 atom stereocenters. The third-order valence-corrected chi connectivity index (χ3v) is 7.45. The van der Waals surface area contributed by atoms with E-state index in [1.165, 1.54) is 4.31 Å². The number of benzene rings is 1. The summed E-state index contributed by atoms with van der Waals surface area (Å²) >= 11 is 1.59. The van der Waals surface area contributed by atoms with Gasteiger partial charge in [-0.2, -0.15) is 5.10 Å². The predicted molar refractivity (Wildman–Crippen MR) is 119 cm³/mol. The molecule has 0 aliphatic heterocycles. The fourth-order valence-electron chi connectivity index (χ4n) is 3.09. The molecule has 0 spiro atoms. The lowest BCUT2D eigenvalue weighted by molar-refractivity contribution is 0.193. The van der Waals surface area contributed by atoms with Crippen LogP contribution in [0.5, 0.6) is 5.75 Å². The number of ether oxygens (including phenoxy) is 1. The van der Waals surface area contributed by atoms with Crippen molar-refractivity contribution < 1.29 is 13.2 Å². The van der Waals surface area contributed by atoms with Gasteiger partial charge in [0.05, 0.1) is 40.9 Å². The van der Waals surface area contributed by atoms with Gasteiger partial charge in [0.15, 0.2) is 0 Å². The molecule has 0 saturated heterocycles. The molecule has 1 aromatic carbocycles. The van der Waals surface area contributed by atoms with Crippen LogP contribution >= 0.6 is 11.3 Å². The van der Waals surface area contributed by atoms with E-state index in [2.05, 4.69) is 24.0 Å². The van der Waals surface area contributed by atoms with Crippen LogP contribution in [0.1, 0.15) is 39.2 Å². The number of aromatic nitrogens is 2. The van der Waals surface area contributed by atoms with Gasteiger partial charge in [-0.15, -0.1) is 11.3 Å². The SMILES string of the molecule is CCC(CC)Oc1cccc(N(Cc2cn[nH]c2-c2cccs2)S(=O)(=O)CC)c1. The van der Waals surface area contributed by atoms with E-state index in [1.807, 2.05) is 29.6 Å². The van der Waals surface area contributed by atoms with Crippen LogP contribution < -0.4 is 9.04 Å². The van der Waals surface area contributed by atoms with Crippen LogP contribution in [0.4, 0.5) is 5.69 Å². The number of hydrogen-bond donors (Lipinski definition) is 1. The Labute approximate surface area is 176 Å². The molecular weight excluding hydrogens is 406 g/mol. The normalized spacial score (nSPS) is 11.7. The second-order valence-electron chi connectivity index (χ2n) is 6.71. The minimum absolute atomic E-state index is 0.0107. The van der Waals surface area contributed by atoms with E-state index >= 15 is 0 Å². The fourth-order valence-corrected chi connectivity index (χ4v) is 4.92. The van der Waals surface area contributed by atoms with Gasteiger partial charge >= 0.3 is 0 Å². The van der Waals surface area contributed by atoms with E-state index in [1.54, 1.807) is 36.6 Å². The third kappa shape index (κ3) is 5.00. The van der Waals surface area contributed by atoms with Gasteiger partial charge in [0.25, 0.3) is 0 Å². The van der Waals surface area contributed by atoms with E-state index in [0.717, 1.165) is 29.0 Å². The molecule has 3 rings (SSSR count). The molecule has 0 radical (unpaired) electrons. The average Bonchev–Trinajstić information content (AvgIpc) is 3.41. The van der Waals surface area contributed by atoms with Gasteiger partial charge in [0.2, 0.25) is 10.0 Å². The number of nitrogens with zero attached hydrogens (tertiary/aromatic N) is 2. The maximum atomic E-state index is 12.9. The second-order valence-corrected chi connectivity index (χ2v) is 9.84. The molecule has 0 aliphatic rings. The molecule has 2 aromatic heterocycles. The molecule has 6 nitrogen and oxygen atoms in total. The van der Waals surface area contributed by atoms with Crippen LogP contribution in [0.3, 0.4) is 0 Å². The molecule has 0 aliphatic carbocycles. The number of H-pyrrole nitrogens is 1. The summed E-state index contributed by atoms with van der Waals surface area (Å²) in [5, 5.41) is 9.13. The molecule has 29 heavy (non-hydrogen) atoms. The van der Waals surface area contributed by atoms with Crippen molar-refractivity contribution in [3.05, 3.63) is 53.5 Å². The van der Waals surface area contributed by atoms with E-state index in [0.29, 0.717) is 11.4 Å². The zero-order valence-corrected chi connectivity index (χ0v) is 18.6. The van der Waals surface area contributed by atoms with Gasteiger partial charge in [-0.3, -0.25) is 9.40 Å². The quantitative estimate of drug-likeness (QED) is 0.485. The lowest BCUT2D eigenvalue weighted by Crippen LogP contribution is -2.32. The number of nitrogens with one attached hydrogen (secondary N) is 1. The second kappa shape index (κ2) is 9.45. The smallest absolute Gasteiger partial charge is 0.235 e. The summed E-state index contributed by atoms with van der Waals surface area (Å²) < 4.78 is 33.3. The van der Waals surface area contributed by atoms with E-state index < -0.39 is 10.0 Å². The minimum Gasteiger partial charge on any atom is -0.490 e. The molecule has 1 N–H and O–H groups in total. The third-order valence-electron chi connectivity index (χ3n) is 4.82. The molecule has 0 unspecified atom stereocenters. The van der Waals surface area contributed by atoms with E-state index in [4.69, 9.17) is 4.74 Å². The summed E-state index contributed by atoms with van der Waals surface area (Å²) in [4.78, 5) is 1.03. The Hall–Kier alpha value is -2.32. The summed E-state index contributed by atoms with van der Waals surface area (Å²) in [6.45, 7) is 6.02. The Morgan fingerprint density at radius 1 is 1.17 bits per heavy atom. The van der Waals surface area contributed by atoms with Crippen LogP contribution in [0.2, 0.25) is 0 Å². The summed E-state index contributed by atoms with van der Waals surface area (Å²) in [6.07, 6.45) is 3.60. The maximum absolute atomic E-state index is 12.9. The van der Waals surface area contributed by atoms with Crippen molar-refractivity contribution in [3.63, 3.8) is 0 Å². The molecule has 156 valence electrons. The number of rotatable bonds is 10. The van der Waals surface area contributed by atoms with E-state index in [-0.39, 0.29) is 18.4 Å². The molecule has 3 aromatic rings. The topological polar surface area (TPSA) is 75.3 Å². The number of sulfonamides is 1. The standard InChI is InChI=1S/C21H27N3O3S2/c1-4-18(5-2)27-19-10-7-9-17(13-19)24(29(25,26)6-3)15-16-14-22-23-21(16)20-11-8-12-28-20/h7-14,18H,4-6,15H2,1-3H3,(H,22,23). The first kappa shape index (κ1) is 21.4. The van der Waals surface area contributed by atoms with Crippen LogP contribution in [0.25, 0.3) is 10.6 Å². The Bertz CT molecular complexity index is 1010. The van der Waals surface area contributed by atoms with Crippen molar-refractivity contribution in [2.24, 2.45) is 0 Å². The lowest BCUT2D eigenvalue weighted by Gasteiger charge is -2.25. The lowest BCUT2D eigenvalue weighted by atomic mass is 10.2. The monoisotopic (exact) mass is 433 g/mol. The molecule has 8 heteroatoms. The van der Waals surface area contributed by atoms with Crippen LogP contribution in [0, 0.1) is 0 Å². The zero-order chi connectivity index (χ0) is 20.9. The Morgan fingerprint density at radius 2 is 1.97 bits per heavy atom. The highest BCUT2D eigenvalue weighted by atomic mass is 32.2. The summed E-state index contributed by atoms with van der Waals surface area (Å²) in [7, 11) is -3.49. The average molecular weight is 434 g/mol. The largest absolute Gasteiger partial charge is 0.490 e. The van der Waals surface area contributed by atoms with Gasteiger partial charge in [-0.25, -0.2) is 8.42 Å². The summed E-state index contributed by atoms with van der Waals surface area (Å²) in [5.41, 5.74) is 2.27. The Balaban J connectivity index is 1.95. The van der Waals surface area contributed by atoms with Crippen molar-refractivity contribution in [1.29, 1.82) is 0 Å². The van der Waals surface area contributed by atoms with Crippen LogP contribution in [-0.2, 0) is 16.6 Å². The van der Waals surface area contributed by atoms with Crippen LogP contribution in [-0.4, -0.2) is 30.5 Å². The van der Waals surface area contributed by atoms with Crippen molar-refractivity contribution in [2.75, 3.05) is 10.1 Å². The molecule has 0 fully saturated rings.